The predicted molar refractivity (Wildman–Crippen MR) is 98.1 cm³/mol. The van der Waals surface area contributed by atoms with Gasteiger partial charge in [-0.3, -0.25) is 0 Å². The largest absolute Gasteiger partial charge is 0.494 e. The molecule has 0 radical (unpaired) electrons. The summed E-state index contributed by atoms with van der Waals surface area (Å²) in [4.78, 5) is 1.40. The molecule has 0 fully saturated rings. The van der Waals surface area contributed by atoms with E-state index in [4.69, 9.17) is 10.00 Å². The molecule has 1 N–H and O–H groups in total. The van der Waals surface area contributed by atoms with E-state index in [1.54, 1.807) is 0 Å². The summed E-state index contributed by atoms with van der Waals surface area (Å²) < 4.78 is 5.71. The van der Waals surface area contributed by atoms with E-state index >= 15 is 0 Å². The van der Waals surface area contributed by atoms with Crippen LogP contribution in [0.1, 0.15) is 36.4 Å². The van der Waals surface area contributed by atoms with Gasteiger partial charge in [0.25, 0.3) is 0 Å². The van der Waals surface area contributed by atoms with Gasteiger partial charge in [0.2, 0.25) is 0 Å². The zero-order valence-corrected chi connectivity index (χ0v) is 14.5. The molecule has 0 amide bonds. The second-order valence-electron chi connectivity index (χ2n) is 5.87. The van der Waals surface area contributed by atoms with Crippen molar-refractivity contribution in [2.24, 2.45) is 0 Å². The Morgan fingerprint density at radius 1 is 1.21 bits per heavy atom. The smallest absolute Gasteiger partial charge is 0.119 e. The van der Waals surface area contributed by atoms with Crippen molar-refractivity contribution in [3.63, 3.8) is 0 Å². The molecule has 0 saturated heterocycles. The van der Waals surface area contributed by atoms with Gasteiger partial charge >= 0.3 is 0 Å². The number of benzene rings is 2. The van der Waals surface area contributed by atoms with Gasteiger partial charge in [-0.05, 0) is 47.9 Å². The monoisotopic (exact) mass is 338 g/mol. The molecule has 0 bridgehead atoms. The number of hydrogen-bond donors (Lipinski definition) is 1. The number of hydrogen-bond acceptors (Lipinski definition) is 4. The van der Waals surface area contributed by atoms with Crippen LogP contribution in [0.4, 0.5) is 0 Å². The zero-order valence-electron chi connectivity index (χ0n) is 13.7. The highest BCUT2D eigenvalue weighted by Crippen LogP contribution is 2.35. The third kappa shape index (κ3) is 4.53. The summed E-state index contributed by atoms with van der Waals surface area (Å²) in [6.07, 6.45) is 2.47. The number of nitrogens with zero attached hydrogens (tertiary/aromatic N) is 1. The maximum Gasteiger partial charge on any atom is 0.119 e. The van der Waals surface area contributed by atoms with E-state index < -0.39 is 0 Å². The number of unbranched alkanes of at least 4 members (excludes halogenated alkanes) is 1. The first-order chi connectivity index (χ1) is 11.9. The van der Waals surface area contributed by atoms with Crippen molar-refractivity contribution in [2.45, 2.75) is 36.7 Å². The first-order valence-corrected chi connectivity index (χ1v) is 9.39. The average Bonchev–Trinajstić information content (AvgIpc) is 2.64. The van der Waals surface area contributed by atoms with Crippen LogP contribution in [0.2, 0.25) is 0 Å². The number of rotatable bonds is 7. The molecular formula is C20H22N2OS. The van der Waals surface area contributed by atoms with Crippen molar-refractivity contribution in [1.82, 2.24) is 5.32 Å². The van der Waals surface area contributed by atoms with Gasteiger partial charge in [-0.1, -0.05) is 30.3 Å². The Hall–Kier alpha value is -1.96. The molecule has 2 aromatic carbocycles. The number of nitriles is 1. The second-order valence-corrected chi connectivity index (χ2v) is 7.00. The van der Waals surface area contributed by atoms with Crippen LogP contribution in [0.3, 0.4) is 0 Å². The van der Waals surface area contributed by atoms with Crippen molar-refractivity contribution < 1.29 is 4.74 Å². The Kier molecular flexibility index (Phi) is 6.17. The van der Waals surface area contributed by atoms with Crippen molar-refractivity contribution in [1.29, 1.82) is 5.26 Å². The lowest BCUT2D eigenvalue weighted by atomic mass is 10.0. The van der Waals surface area contributed by atoms with Crippen LogP contribution >= 0.6 is 11.8 Å². The molecule has 1 aliphatic heterocycles. The van der Waals surface area contributed by atoms with Gasteiger partial charge in [-0.2, -0.15) is 5.26 Å². The Bertz CT molecular complexity index is 711. The Morgan fingerprint density at radius 3 is 3.04 bits per heavy atom. The first kappa shape index (κ1) is 16.9. The Morgan fingerprint density at radius 2 is 2.12 bits per heavy atom. The van der Waals surface area contributed by atoms with Crippen molar-refractivity contribution in [3.8, 4) is 11.8 Å². The molecule has 0 aliphatic carbocycles. The van der Waals surface area contributed by atoms with Gasteiger partial charge in [-0.15, -0.1) is 11.8 Å². The van der Waals surface area contributed by atoms with Crippen LogP contribution in [-0.2, 0) is 6.54 Å². The third-order valence-corrected chi connectivity index (χ3v) is 5.23. The lowest BCUT2D eigenvalue weighted by molar-refractivity contribution is 0.312. The first-order valence-electron chi connectivity index (χ1n) is 8.40. The van der Waals surface area contributed by atoms with Gasteiger partial charge < -0.3 is 10.1 Å². The molecule has 4 heteroatoms. The van der Waals surface area contributed by atoms with Gasteiger partial charge in [0.1, 0.15) is 5.75 Å². The summed E-state index contributed by atoms with van der Waals surface area (Å²) in [5.41, 5.74) is 2.64. The van der Waals surface area contributed by atoms with Crippen molar-refractivity contribution in [3.05, 3.63) is 59.7 Å². The van der Waals surface area contributed by atoms with E-state index in [2.05, 4.69) is 47.8 Å². The molecule has 1 heterocycles. The van der Waals surface area contributed by atoms with E-state index in [1.165, 1.54) is 16.0 Å². The standard InChI is InChI=1S/C20H22N2OS/c21-11-3-4-12-23-17-7-5-6-16(14-17)15-22-19-10-13-24-20-9-2-1-8-18(19)20/h1-2,5-9,14,19,22H,3-4,10,12-13,15H2/t19-/m1/s1. The summed E-state index contributed by atoms with van der Waals surface area (Å²) >= 11 is 1.95. The number of fused-ring (bicyclic) bond motifs is 1. The predicted octanol–water partition coefficient (Wildman–Crippen LogP) is 4.70. The molecule has 24 heavy (non-hydrogen) atoms. The summed E-state index contributed by atoms with van der Waals surface area (Å²) in [5, 5.41) is 12.2. The summed E-state index contributed by atoms with van der Waals surface area (Å²) in [7, 11) is 0. The zero-order chi connectivity index (χ0) is 16.6. The molecule has 0 unspecified atom stereocenters. The van der Waals surface area contributed by atoms with Gasteiger partial charge in [0, 0.05) is 23.9 Å². The van der Waals surface area contributed by atoms with Gasteiger partial charge in [0.05, 0.1) is 12.7 Å². The lowest BCUT2D eigenvalue weighted by Crippen LogP contribution is -2.24. The molecule has 2 aromatic rings. The average molecular weight is 338 g/mol. The van der Waals surface area contributed by atoms with Crippen LogP contribution in [0.15, 0.2) is 53.4 Å². The van der Waals surface area contributed by atoms with E-state index in [0.29, 0.717) is 19.1 Å². The van der Waals surface area contributed by atoms with Crippen LogP contribution in [0.25, 0.3) is 0 Å². The van der Waals surface area contributed by atoms with Crippen LogP contribution in [0.5, 0.6) is 5.75 Å². The molecule has 1 aliphatic rings. The summed E-state index contributed by atoms with van der Waals surface area (Å²) in [6, 6.07) is 19.4. The Balaban J connectivity index is 1.56. The van der Waals surface area contributed by atoms with Crippen LogP contribution in [0, 0.1) is 11.3 Å². The van der Waals surface area contributed by atoms with Crippen LogP contribution < -0.4 is 10.1 Å². The lowest BCUT2D eigenvalue weighted by Gasteiger charge is -2.26. The topological polar surface area (TPSA) is 45.0 Å². The van der Waals surface area contributed by atoms with Crippen molar-refractivity contribution in [2.75, 3.05) is 12.4 Å². The number of ether oxygens (including phenoxy) is 1. The normalized spacial score (nSPS) is 16.2. The third-order valence-electron chi connectivity index (χ3n) is 4.11. The highest BCUT2D eigenvalue weighted by molar-refractivity contribution is 7.99. The van der Waals surface area contributed by atoms with E-state index in [9.17, 15) is 0 Å². The van der Waals surface area contributed by atoms with Crippen molar-refractivity contribution >= 4 is 11.8 Å². The molecule has 3 nitrogen and oxygen atoms in total. The summed E-state index contributed by atoms with van der Waals surface area (Å²) in [5.74, 6) is 2.04. The minimum absolute atomic E-state index is 0.419. The van der Waals surface area contributed by atoms with Crippen LogP contribution in [-0.4, -0.2) is 12.4 Å². The molecule has 0 spiro atoms. The molecule has 1 atom stereocenters. The maximum absolute atomic E-state index is 8.56. The SMILES string of the molecule is N#CCCCOc1cccc(CN[C@@H]2CCSc3ccccc32)c1. The summed E-state index contributed by atoms with van der Waals surface area (Å²) in [6.45, 7) is 1.43. The quantitative estimate of drug-likeness (QED) is 0.744. The van der Waals surface area contributed by atoms with E-state index in [-0.39, 0.29) is 0 Å². The molecule has 3 rings (SSSR count). The number of thioether (sulfide) groups is 1. The highest BCUT2D eigenvalue weighted by atomic mass is 32.2. The minimum Gasteiger partial charge on any atom is -0.494 e. The van der Waals surface area contributed by atoms with E-state index in [1.807, 2.05) is 23.9 Å². The Labute approximate surface area is 148 Å². The molecular weight excluding hydrogens is 316 g/mol. The fourth-order valence-corrected chi connectivity index (χ4v) is 4.01. The molecule has 124 valence electrons. The van der Waals surface area contributed by atoms with Gasteiger partial charge in [0.15, 0.2) is 0 Å². The maximum atomic E-state index is 8.56. The number of nitrogens with one attached hydrogen (secondary N) is 1. The minimum atomic E-state index is 0.419. The molecule has 0 aromatic heterocycles. The fourth-order valence-electron chi connectivity index (χ4n) is 2.88. The van der Waals surface area contributed by atoms with E-state index in [0.717, 1.165) is 30.9 Å². The second kappa shape index (κ2) is 8.77. The highest BCUT2D eigenvalue weighted by Gasteiger charge is 2.19. The molecule has 0 saturated carbocycles. The van der Waals surface area contributed by atoms with Gasteiger partial charge in [-0.25, -0.2) is 0 Å². The fraction of sp³-hybridized carbons (Fsp3) is 0.350.